The first-order chi connectivity index (χ1) is 14.1. The van der Waals surface area contributed by atoms with E-state index in [1.807, 2.05) is 18.3 Å². The minimum absolute atomic E-state index is 0.0433. The van der Waals surface area contributed by atoms with Gasteiger partial charge in [0.25, 0.3) is 0 Å². The number of rotatable bonds is 6. The molecule has 2 aliphatic heterocycles. The van der Waals surface area contributed by atoms with Crippen molar-refractivity contribution >= 4 is 38.9 Å². The monoisotopic (exact) mass is 412 g/mol. The molecule has 152 valence electrons. The van der Waals surface area contributed by atoms with Gasteiger partial charge < -0.3 is 4.98 Å². The minimum Gasteiger partial charge on any atom is -0.346 e. The first-order valence-electron chi connectivity index (χ1n) is 10.5. The zero-order valence-corrected chi connectivity index (χ0v) is 16.9. The Morgan fingerprint density at radius 2 is 2.00 bits per heavy atom. The number of sulfonamides is 1. The summed E-state index contributed by atoms with van der Waals surface area (Å²) in [6.45, 7) is 0. The van der Waals surface area contributed by atoms with Crippen LogP contribution in [0.15, 0.2) is 24.4 Å². The topological polar surface area (TPSA) is 86.4 Å². The number of aromatic amines is 1. The maximum Gasteiger partial charge on any atom is 0.217 e. The van der Waals surface area contributed by atoms with Crippen molar-refractivity contribution in [1.29, 1.82) is 0 Å². The van der Waals surface area contributed by atoms with Crippen molar-refractivity contribution in [2.75, 3.05) is 4.90 Å². The Balaban J connectivity index is 1.42. The molecule has 4 heterocycles. The van der Waals surface area contributed by atoms with Gasteiger partial charge in [0.15, 0.2) is 0 Å². The molecule has 2 aromatic rings. The molecule has 1 amide bonds. The van der Waals surface area contributed by atoms with Crippen LogP contribution in [0.4, 0.5) is 5.82 Å². The fourth-order valence-electron chi connectivity index (χ4n) is 5.03. The van der Waals surface area contributed by atoms with Gasteiger partial charge in [-0.25, -0.2) is 13.4 Å². The normalized spacial score (nSPS) is 27.2. The molecule has 7 nitrogen and oxygen atoms in total. The Hall–Kier alpha value is -2.19. The molecule has 2 aromatic heterocycles. The second-order valence-electron chi connectivity index (χ2n) is 8.78. The van der Waals surface area contributed by atoms with Gasteiger partial charge in [-0.05, 0) is 68.2 Å². The van der Waals surface area contributed by atoms with E-state index in [9.17, 15) is 13.2 Å². The summed E-state index contributed by atoms with van der Waals surface area (Å²) in [4.78, 5) is 21.3. The molecule has 6 rings (SSSR count). The van der Waals surface area contributed by atoms with E-state index in [0.29, 0.717) is 5.82 Å². The quantitative estimate of drug-likeness (QED) is 0.739. The second kappa shape index (κ2) is 6.15. The Bertz CT molecular complexity index is 1130. The molecule has 8 heteroatoms. The molecule has 2 bridgehead atoms. The summed E-state index contributed by atoms with van der Waals surface area (Å²) >= 11 is 0. The van der Waals surface area contributed by atoms with Gasteiger partial charge in [0, 0.05) is 29.7 Å². The number of pyridine rings is 1. The van der Waals surface area contributed by atoms with E-state index >= 15 is 0 Å². The van der Waals surface area contributed by atoms with E-state index in [-0.39, 0.29) is 23.4 Å². The molecule has 2 atom stereocenters. The lowest BCUT2D eigenvalue weighted by molar-refractivity contribution is -0.107. The third kappa shape index (κ3) is 2.76. The summed E-state index contributed by atoms with van der Waals surface area (Å²) in [7, 11) is -3.17. The van der Waals surface area contributed by atoms with E-state index in [2.05, 4.69) is 16.0 Å². The molecule has 0 radical (unpaired) electrons. The van der Waals surface area contributed by atoms with Crippen molar-refractivity contribution in [3.63, 3.8) is 0 Å². The second-order valence-corrected chi connectivity index (χ2v) is 10.9. The standard InChI is InChI=1S/C21H24N4O3S/c26-12-24(14-1-2-14)20-11-19(18-7-8-22-21(18)23-20)13-9-15-3-4-16(10-13)25(15)29(27,28)17-5-6-17/h7-9,11-12,14-17H,1-6,10H2,(H,22,23). The molecule has 2 aliphatic carbocycles. The molecule has 3 fully saturated rings. The first kappa shape index (κ1) is 17.7. The van der Waals surface area contributed by atoms with Crippen LogP contribution in [0.3, 0.4) is 0 Å². The van der Waals surface area contributed by atoms with Crippen molar-refractivity contribution in [3.8, 4) is 0 Å². The van der Waals surface area contributed by atoms with Crippen LogP contribution < -0.4 is 4.90 Å². The van der Waals surface area contributed by atoms with E-state index < -0.39 is 10.0 Å². The molecule has 4 aliphatic rings. The summed E-state index contributed by atoms with van der Waals surface area (Å²) in [5.41, 5.74) is 3.01. The van der Waals surface area contributed by atoms with Gasteiger partial charge in [0.1, 0.15) is 11.5 Å². The Kier molecular flexibility index (Phi) is 3.75. The highest BCUT2D eigenvalue weighted by molar-refractivity contribution is 7.90. The lowest BCUT2D eigenvalue weighted by Crippen LogP contribution is -2.44. The van der Waals surface area contributed by atoms with Crippen LogP contribution in [0.2, 0.25) is 0 Å². The molecule has 29 heavy (non-hydrogen) atoms. The van der Waals surface area contributed by atoms with Crippen molar-refractivity contribution in [1.82, 2.24) is 14.3 Å². The maximum atomic E-state index is 12.9. The SMILES string of the molecule is O=CN(c1cc(C2=CC3CCC(C2)N3S(=O)(=O)C2CC2)c2cc[nH]c2n1)C1CC1. The van der Waals surface area contributed by atoms with E-state index in [1.54, 1.807) is 9.21 Å². The number of H-pyrrole nitrogens is 1. The lowest BCUT2D eigenvalue weighted by atomic mass is 9.94. The number of aromatic nitrogens is 2. The molecule has 0 spiro atoms. The van der Waals surface area contributed by atoms with Crippen LogP contribution in [-0.4, -0.2) is 52.5 Å². The maximum absolute atomic E-state index is 12.9. The Morgan fingerprint density at radius 3 is 2.69 bits per heavy atom. The number of nitrogens with one attached hydrogen (secondary N) is 1. The van der Waals surface area contributed by atoms with Crippen LogP contribution >= 0.6 is 0 Å². The van der Waals surface area contributed by atoms with Gasteiger partial charge in [-0.15, -0.1) is 0 Å². The fraction of sp³-hybridized carbons (Fsp3) is 0.524. The van der Waals surface area contributed by atoms with Crippen LogP contribution in [0, 0.1) is 0 Å². The van der Waals surface area contributed by atoms with Gasteiger partial charge in [-0.3, -0.25) is 9.69 Å². The Labute approximate surface area is 169 Å². The number of fused-ring (bicyclic) bond motifs is 3. The van der Waals surface area contributed by atoms with Gasteiger partial charge in [0.05, 0.1) is 5.25 Å². The minimum atomic E-state index is -3.17. The molecule has 0 aromatic carbocycles. The smallest absolute Gasteiger partial charge is 0.217 e. The Morgan fingerprint density at radius 1 is 1.17 bits per heavy atom. The number of anilines is 1. The van der Waals surface area contributed by atoms with E-state index in [0.717, 1.165) is 68.0 Å². The predicted octanol–water partition coefficient (Wildman–Crippen LogP) is 2.80. The highest BCUT2D eigenvalue weighted by atomic mass is 32.2. The molecular formula is C21H24N4O3S. The number of carbonyl (C=O) groups excluding carboxylic acids is 1. The highest BCUT2D eigenvalue weighted by Gasteiger charge is 2.49. The number of nitrogens with zero attached hydrogens (tertiary/aromatic N) is 3. The zero-order chi connectivity index (χ0) is 19.8. The average Bonchev–Trinajstić information content (AvgIpc) is 3.63. The van der Waals surface area contributed by atoms with Crippen LogP contribution in [0.5, 0.6) is 0 Å². The van der Waals surface area contributed by atoms with E-state index in [1.165, 1.54) is 5.57 Å². The summed E-state index contributed by atoms with van der Waals surface area (Å²) in [6, 6.07) is 4.27. The number of hydrogen-bond donors (Lipinski definition) is 1. The number of carbonyl (C=O) groups is 1. The van der Waals surface area contributed by atoms with Crippen LogP contribution in [0.1, 0.15) is 50.5 Å². The fourth-order valence-corrected chi connectivity index (χ4v) is 7.24. The lowest BCUT2D eigenvalue weighted by Gasteiger charge is -2.33. The van der Waals surface area contributed by atoms with Gasteiger partial charge in [-0.2, -0.15) is 4.31 Å². The molecule has 1 saturated heterocycles. The van der Waals surface area contributed by atoms with Crippen molar-refractivity contribution in [2.45, 2.75) is 68.3 Å². The number of hydrogen-bond acceptors (Lipinski definition) is 4. The first-order valence-corrected chi connectivity index (χ1v) is 12.0. The highest BCUT2D eigenvalue weighted by Crippen LogP contribution is 2.45. The number of amides is 1. The van der Waals surface area contributed by atoms with Gasteiger partial charge in [0.2, 0.25) is 16.4 Å². The van der Waals surface area contributed by atoms with Crippen LogP contribution in [-0.2, 0) is 14.8 Å². The largest absolute Gasteiger partial charge is 0.346 e. The van der Waals surface area contributed by atoms with Crippen LogP contribution in [0.25, 0.3) is 16.6 Å². The van der Waals surface area contributed by atoms with E-state index in [4.69, 9.17) is 0 Å². The summed E-state index contributed by atoms with van der Waals surface area (Å²) in [6.07, 6.45) is 11.0. The van der Waals surface area contributed by atoms with Gasteiger partial charge >= 0.3 is 0 Å². The van der Waals surface area contributed by atoms with Crippen molar-refractivity contribution < 1.29 is 13.2 Å². The predicted molar refractivity (Wildman–Crippen MR) is 111 cm³/mol. The molecule has 2 saturated carbocycles. The summed E-state index contributed by atoms with van der Waals surface area (Å²) < 4.78 is 27.6. The van der Waals surface area contributed by atoms with Crippen molar-refractivity contribution in [3.05, 3.63) is 30.0 Å². The molecular weight excluding hydrogens is 388 g/mol. The summed E-state index contributed by atoms with van der Waals surface area (Å²) in [5, 5.41) is 0.865. The zero-order valence-electron chi connectivity index (χ0n) is 16.1. The molecule has 1 N–H and O–H groups in total. The third-order valence-electron chi connectivity index (χ3n) is 6.75. The van der Waals surface area contributed by atoms with Crippen molar-refractivity contribution in [2.24, 2.45) is 0 Å². The molecule has 2 unspecified atom stereocenters. The average molecular weight is 413 g/mol. The third-order valence-corrected chi connectivity index (χ3v) is 9.22. The van der Waals surface area contributed by atoms with Gasteiger partial charge in [-0.1, -0.05) is 6.08 Å². The summed E-state index contributed by atoms with van der Waals surface area (Å²) in [5.74, 6) is 0.675.